The number of hydrogen-bond donors (Lipinski definition) is 2. The first-order valence-corrected chi connectivity index (χ1v) is 8.56. The molecule has 0 radical (unpaired) electrons. The van der Waals surface area contributed by atoms with E-state index in [9.17, 15) is 9.59 Å². The average Bonchev–Trinajstić information content (AvgIpc) is 2.91. The van der Waals surface area contributed by atoms with Crippen LogP contribution in [-0.2, 0) is 12.8 Å². The monoisotopic (exact) mass is 319 g/mol. The van der Waals surface area contributed by atoms with E-state index in [1.54, 1.807) is 0 Å². The van der Waals surface area contributed by atoms with Gasteiger partial charge in [-0.25, -0.2) is 4.79 Å². The van der Waals surface area contributed by atoms with Crippen molar-refractivity contribution in [3.05, 3.63) is 32.4 Å². The number of aromatic nitrogens is 1. The maximum atomic E-state index is 12.8. The van der Waals surface area contributed by atoms with Gasteiger partial charge in [0.1, 0.15) is 9.71 Å². The van der Waals surface area contributed by atoms with E-state index in [4.69, 9.17) is 5.11 Å². The van der Waals surface area contributed by atoms with E-state index in [0.29, 0.717) is 16.1 Å². The zero-order chi connectivity index (χ0) is 16.1. The highest BCUT2D eigenvalue weighted by Gasteiger charge is 2.33. The summed E-state index contributed by atoms with van der Waals surface area (Å²) in [4.78, 5) is 28.1. The lowest BCUT2D eigenvalue weighted by Crippen LogP contribution is -2.32. The summed E-state index contributed by atoms with van der Waals surface area (Å²) in [5.74, 6) is -0.474. The predicted octanol–water partition coefficient (Wildman–Crippen LogP) is 3.83. The van der Waals surface area contributed by atoms with Gasteiger partial charge < -0.3 is 10.1 Å². The van der Waals surface area contributed by atoms with Crippen LogP contribution in [0.5, 0.6) is 0 Å². The Morgan fingerprint density at radius 2 is 2.23 bits per heavy atom. The van der Waals surface area contributed by atoms with Crippen molar-refractivity contribution in [1.29, 1.82) is 0 Å². The Bertz CT molecular complexity index is 800. The highest BCUT2D eigenvalue weighted by molar-refractivity contribution is 7.20. The van der Waals surface area contributed by atoms with E-state index < -0.39 is 5.97 Å². The number of fused-ring (bicyclic) bond motifs is 2. The second-order valence-electron chi connectivity index (χ2n) is 6.85. The lowest BCUT2D eigenvalue weighted by atomic mass is 9.69. The molecule has 0 saturated carbocycles. The van der Waals surface area contributed by atoms with Gasteiger partial charge in [-0.05, 0) is 36.7 Å². The van der Waals surface area contributed by atoms with E-state index in [-0.39, 0.29) is 15.7 Å². The van der Waals surface area contributed by atoms with Crippen LogP contribution < -0.4 is 5.43 Å². The number of aromatic amines is 1. The van der Waals surface area contributed by atoms with Crippen molar-refractivity contribution in [3.63, 3.8) is 0 Å². The quantitative estimate of drug-likeness (QED) is 0.903. The first-order valence-electron chi connectivity index (χ1n) is 7.74. The Hall–Kier alpha value is -1.62. The molecule has 0 amide bonds. The van der Waals surface area contributed by atoms with Crippen LogP contribution in [0.3, 0.4) is 0 Å². The smallest absolute Gasteiger partial charge is 0.345 e. The summed E-state index contributed by atoms with van der Waals surface area (Å²) in [6.45, 7) is 6.73. The van der Waals surface area contributed by atoms with Gasteiger partial charge in [0.15, 0.2) is 5.43 Å². The number of nitrogens with one attached hydrogen (secondary N) is 1. The van der Waals surface area contributed by atoms with Gasteiger partial charge in [0.25, 0.3) is 0 Å². The third kappa shape index (κ3) is 2.37. The van der Waals surface area contributed by atoms with Gasteiger partial charge >= 0.3 is 5.97 Å². The van der Waals surface area contributed by atoms with Crippen molar-refractivity contribution < 1.29 is 9.90 Å². The number of H-pyrrole nitrogens is 1. The van der Waals surface area contributed by atoms with E-state index in [1.807, 2.05) is 0 Å². The summed E-state index contributed by atoms with van der Waals surface area (Å²) >= 11 is 1.15. The molecule has 118 valence electrons. The number of carboxylic acids is 1. The van der Waals surface area contributed by atoms with Crippen LogP contribution in [-0.4, -0.2) is 16.1 Å². The molecule has 2 aromatic heterocycles. The van der Waals surface area contributed by atoms with E-state index in [2.05, 4.69) is 25.8 Å². The molecule has 0 aromatic carbocycles. The van der Waals surface area contributed by atoms with Gasteiger partial charge in [-0.2, -0.15) is 0 Å². The molecule has 5 heteroatoms. The van der Waals surface area contributed by atoms with E-state index in [0.717, 1.165) is 48.3 Å². The molecule has 1 unspecified atom stereocenters. The lowest BCUT2D eigenvalue weighted by Gasteiger charge is -2.36. The number of aromatic carboxylic acids is 1. The van der Waals surface area contributed by atoms with Gasteiger partial charge in [-0.3, -0.25) is 4.79 Å². The molecule has 4 nitrogen and oxygen atoms in total. The van der Waals surface area contributed by atoms with Gasteiger partial charge in [-0.15, -0.1) is 11.3 Å². The Labute approximate surface area is 133 Å². The first kappa shape index (κ1) is 15.3. The molecule has 2 heterocycles. The fourth-order valence-corrected chi connectivity index (χ4v) is 4.24. The van der Waals surface area contributed by atoms with Crippen LogP contribution in [0.1, 0.15) is 54.5 Å². The Balaban J connectivity index is 2.10. The summed E-state index contributed by atoms with van der Waals surface area (Å²) in [5.41, 5.74) is 2.10. The molecule has 2 aromatic rings. The van der Waals surface area contributed by atoms with Gasteiger partial charge in [-0.1, -0.05) is 27.2 Å². The van der Waals surface area contributed by atoms with Gasteiger partial charge in [0, 0.05) is 11.3 Å². The van der Waals surface area contributed by atoms with Crippen molar-refractivity contribution in [2.45, 2.75) is 46.5 Å². The number of carboxylic acid groups (broad SMARTS) is 1. The van der Waals surface area contributed by atoms with Crippen molar-refractivity contribution in [3.8, 4) is 0 Å². The first-order chi connectivity index (χ1) is 10.3. The van der Waals surface area contributed by atoms with Crippen LogP contribution in [0, 0.1) is 11.3 Å². The molecule has 22 heavy (non-hydrogen) atoms. The standard InChI is InChI=1S/C17H21NO3S/c1-4-17(2,3)9-5-6-12-10(7-9)14(19)11-8-13(16(20)21)22-15(11)18-12/h8-9H,4-7H2,1-3H3,(H,18,19)(H,20,21). The molecule has 0 bridgehead atoms. The third-order valence-corrected chi connectivity index (χ3v) is 6.34. The maximum Gasteiger partial charge on any atom is 0.345 e. The Kier molecular flexibility index (Phi) is 3.63. The maximum absolute atomic E-state index is 12.8. The van der Waals surface area contributed by atoms with E-state index in [1.165, 1.54) is 6.07 Å². The molecule has 0 fully saturated rings. The van der Waals surface area contributed by atoms with Crippen molar-refractivity contribution in [1.82, 2.24) is 4.98 Å². The largest absolute Gasteiger partial charge is 0.477 e. The van der Waals surface area contributed by atoms with Crippen LogP contribution in [0.15, 0.2) is 10.9 Å². The minimum Gasteiger partial charge on any atom is -0.477 e. The van der Waals surface area contributed by atoms with Crippen molar-refractivity contribution in [2.75, 3.05) is 0 Å². The van der Waals surface area contributed by atoms with Crippen molar-refractivity contribution >= 4 is 27.5 Å². The number of hydrogen-bond acceptors (Lipinski definition) is 3. The topological polar surface area (TPSA) is 70.2 Å². The highest BCUT2D eigenvalue weighted by Crippen LogP contribution is 2.39. The van der Waals surface area contributed by atoms with Crippen LogP contribution >= 0.6 is 11.3 Å². The van der Waals surface area contributed by atoms with E-state index >= 15 is 0 Å². The number of aryl methyl sites for hydroxylation is 1. The zero-order valence-electron chi connectivity index (χ0n) is 13.2. The molecule has 3 rings (SSSR count). The molecule has 1 atom stereocenters. The Morgan fingerprint density at radius 1 is 1.50 bits per heavy atom. The fourth-order valence-electron chi connectivity index (χ4n) is 3.32. The Morgan fingerprint density at radius 3 is 2.86 bits per heavy atom. The average molecular weight is 319 g/mol. The van der Waals surface area contributed by atoms with Crippen LogP contribution in [0.2, 0.25) is 0 Å². The summed E-state index contributed by atoms with van der Waals surface area (Å²) < 4.78 is 0. The molecular formula is C17H21NO3S. The number of carbonyl (C=O) groups is 1. The predicted molar refractivity (Wildman–Crippen MR) is 89.0 cm³/mol. The van der Waals surface area contributed by atoms with Crippen LogP contribution in [0.4, 0.5) is 0 Å². The normalized spacial score (nSPS) is 18.4. The minimum atomic E-state index is -0.975. The third-order valence-electron chi connectivity index (χ3n) is 5.30. The molecule has 1 aliphatic carbocycles. The summed E-state index contributed by atoms with van der Waals surface area (Å²) in [7, 11) is 0. The molecule has 0 saturated heterocycles. The van der Waals surface area contributed by atoms with Crippen molar-refractivity contribution in [2.24, 2.45) is 11.3 Å². The number of rotatable bonds is 3. The lowest BCUT2D eigenvalue weighted by molar-refractivity contribution is 0.0702. The second-order valence-corrected chi connectivity index (χ2v) is 7.90. The fraction of sp³-hybridized carbons (Fsp3) is 0.529. The SMILES string of the molecule is CCC(C)(C)C1CCc2[nH]c3sc(C(=O)O)cc3c(=O)c2C1. The molecule has 2 N–H and O–H groups in total. The summed E-state index contributed by atoms with van der Waals surface area (Å²) in [5, 5.41) is 9.64. The molecule has 0 aliphatic heterocycles. The zero-order valence-corrected chi connectivity index (χ0v) is 14.0. The number of thiophene rings is 1. The molecular weight excluding hydrogens is 298 g/mol. The summed E-state index contributed by atoms with van der Waals surface area (Å²) in [6, 6.07) is 1.51. The number of pyridine rings is 1. The van der Waals surface area contributed by atoms with Crippen LogP contribution in [0.25, 0.3) is 10.2 Å². The van der Waals surface area contributed by atoms with Gasteiger partial charge in [0.05, 0.1) is 5.39 Å². The molecule has 0 spiro atoms. The second kappa shape index (κ2) is 5.23. The highest BCUT2D eigenvalue weighted by atomic mass is 32.1. The summed E-state index contributed by atoms with van der Waals surface area (Å²) in [6.07, 6.45) is 3.83. The molecule has 1 aliphatic rings. The van der Waals surface area contributed by atoms with Gasteiger partial charge in [0.2, 0.25) is 0 Å². The minimum absolute atomic E-state index is 0.0177.